The van der Waals surface area contributed by atoms with Gasteiger partial charge in [-0.15, -0.1) is 0 Å². The maximum absolute atomic E-state index is 13.0. The summed E-state index contributed by atoms with van der Waals surface area (Å²) in [4.78, 5) is 1.88. The van der Waals surface area contributed by atoms with Crippen LogP contribution in [0.4, 0.5) is 10.1 Å². The fraction of sp³-hybridized carbons (Fsp3) is 0.444. The van der Waals surface area contributed by atoms with Gasteiger partial charge in [-0.3, -0.25) is 4.68 Å². The summed E-state index contributed by atoms with van der Waals surface area (Å²) in [6, 6.07) is 5.91. The van der Waals surface area contributed by atoms with Crippen LogP contribution in [0.15, 0.2) is 24.3 Å². The Bertz CT molecular complexity index is 954. The summed E-state index contributed by atoms with van der Waals surface area (Å²) >= 11 is 5.44. The zero-order valence-electron chi connectivity index (χ0n) is 15.6. The predicted molar refractivity (Wildman–Crippen MR) is 108 cm³/mol. The molecular formula is C18H23FN4O2S2. The van der Waals surface area contributed by atoms with E-state index in [4.69, 9.17) is 12.2 Å². The van der Waals surface area contributed by atoms with Gasteiger partial charge < -0.3 is 10.2 Å². The molecule has 1 aliphatic rings. The van der Waals surface area contributed by atoms with Crippen molar-refractivity contribution >= 4 is 32.9 Å². The molecule has 1 aromatic heterocycles. The molecule has 0 amide bonds. The van der Waals surface area contributed by atoms with Crippen LogP contribution < -0.4 is 5.32 Å². The number of aryl methyl sites for hydroxylation is 1. The monoisotopic (exact) mass is 410 g/mol. The second-order valence-corrected chi connectivity index (χ2v) is 9.56. The molecule has 3 rings (SSSR count). The van der Waals surface area contributed by atoms with Gasteiger partial charge in [0.2, 0.25) is 0 Å². The molecule has 0 spiro atoms. The van der Waals surface area contributed by atoms with E-state index in [-0.39, 0.29) is 23.4 Å². The van der Waals surface area contributed by atoms with Crippen molar-refractivity contribution in [1.29, 1.82) is 0 Å². The van der Waals surface area contributed by atoms with Crippen molar-refractivity contribution in [2.45, 2.75) is 32.9 Å². The number of aromatic nitrogens is 2. The first kappa shape index (κ1) is 19.8. The summed E-state index contributed by atoms with van der Waals surface area (Å²) in [5.41, 5.74) is 3.58. The van der Waals surface area contributed by atoms with E-state index in [2.05, 4.69) is 10.4 Å². The second-order valence-electron chi connectivity index (χ2n) is 6.94. The smallest absolute Gasteiger partial charge is 0.173 e. The summed E-state index contributed by atoms with van der Waals surface area (Å²) < 4.78 is 38.4. The van der Waals surface area contributed by atoms with Crippen LogP contribution in [0.3, 0.4) is 0 Å². The molecule has 27 heavy (non-hydrogen) atoms. The van der Waals surface area contributed by atoms with Crippen LogP contribution in [0, 0.1) is 19.7 Å². The fourth-order valence-electron chi connectivity index (χ4n) is 3.31. The van der Waals surface area contributed by atoms with Crippen molar-refractivity contribution in [1.82, 2.24) is 14.7 Å². The predicted octanol–water partition coefficient (Wildman–Crippen LogP) is 2.83. The van der Waals surface area contributed by atoms with Crippen LogP contribution in [0.25, 0.3) is 0 Å². The Kier molecular flexibility index (Phi) is 5.53. The van der Waals surface area contributed by atoms with E-state index >= 15 is 0 Å². The molecule has 0 aliphatic carbocycles. The Labute approximate surface area is 164 Å². The number of halogens is 1. The van der Waals surface area contributed by atoms with Gasteiger partial charge >= 0.3 is 0 Å². The Morgan fingerprint density at radius 1 is 1.37 bits per heavy atom. The normalized spacial score (nSPS) is 18.4. The van der Waals surface area contributed by atoms with Crippen LogP contribution in [-0.4, -0.2) is 46.8 Å². The van der Waals surface area contributed by atoms with Crippen molar-refractivity contribution in [2.24, 2.45) is 0 Å². The zero-order chi connectivity index (χ0) is 19.8. The van der Waals surface area contributed by atoms with E-state index in [0.29, 0.717) is 23.8 Å². The molecule has 2 aromatic rings. The maximum Gasteiger partial charge on any atom is 0.173 e. The summed E-state index contributed by atoms with van der Waals surface area (Å²) in [5, 5.41) is 8.18. The van der Waals surface area contributed by atoms with Gasteiger partial charge in [0.05, 0.1) is 23.2 Å². The van der Waals surface area contributed by atoms with Gasteiger partial charge in [-0.2, -0.15) is 5.10 Å². The number of hydrogen-bond donors (Lipinski definition) is 1. The summed E-state index contributed by atoms with van der Waals surface area (Å²) in [7, 11) is -1.10. The topological polar surface area (TPSA) is 67.2 Å². The minimum Gasteiger partial charge on any atom is -0.348 e. The number of rotatable bonds is 4. The minimum absolute atomic E-state index is 0.1000. The fourth-order valence-corrected chi connectivity index (χ4v) is 5.19. The zero-order valence-corrected chi connectivity index (χ0v) is 17.2. The number of hydrogen-bond acceptors (Lipinski definition) is 4. The van der Waals surface area contributed by atoms with Crippen LogP contribution >= 0.6 is 12.2 Å². The molecule has 0 unspecified atom stereocenters. The largest absolute Gasteiger partial charge is 0.348 e. The number of thiocarbonyl (C=S) groups is 1. The average molecular weight is 411 g/mol. The number of sulfone groups is 1. The molecule has 1 aliphatic heterocycles. The van der Waals surface area contributed by atoms with Gasteiger partial charge in [-0.05, 0) is 56.8 Å². The Morgan fingerprint density at radius 2 is 2.04 bits per heavy atom. The molecule has 1 atom stereocenters. The Balaban J connectivity index is 1.71. The highest BCUT2D eigenvalue weighted by molar-refractivity contribution is 7.91. The van der Waals surface area contributed by atoms with Crippen molar-refractivity contribution < 1.29 is 12.8 Å². The average Bonchev–Trinajstić information content (AvgIpc) is 3.10. The molecule has 0 radical (unpaired) electrons. The van der Waals surface area contributed by atoms with Gasteiger partial charge in [-0.25, -0.2) is 12.8 Å². The molecule has 1 N–H and O–H groups in total. The van der Waals surface area contributed by atoms with E-state index in [0.717, 1.165) is 17.0 Å². The Morgan fingerprint density at radius 3 is 2.63 bits per heavy atom. The molecule has 146 valence electrons. The Hall–Kier alpha value is -2.00. The van der Waals surface area contributed by atoms with Crippen molar-refractivity contribution in [3.63, 3.8) is 0 Å². The SMILES string of the molecule is Cc1nn([C@H]2CCS(=O)(=O)C2)c(C)c1CN(C)C(=S)Nc1ccc(F)cc1. The van der Waals surface area contributed by atoms with Crippen LogP contribution in [0.2, 0.25) is 0 Å². The summed E-state index contributed by atoms with van der Waals surface area (Å²) in [6.07, 6.45) is 0.601. The standard InChI is InChI=1S/C18H23FN4O2S2/c1-12-17(13(2)23(21-12)16-8-9-27(24,25)11-16)10-22(3)18(26)20-15-6-4-14(19)5-7-15/h4-7,16H,8-11H2,1-3H3,(H,20,26)/t16-/m0/s1. The first-order valence-electron chi connectivity index (χ1n) is 8.69. The number of nitrogens with one attached hydrogen (secondary N) is 1. The summed E-state index contributed by atoms with van der Waals surface area (Å²) in [6.45, 7) is 4.43. The van der Waals surface area contributed by atoms with Gasteiger partial charge in [-0.1, -0.05) is 0 Å². The van der Waals surface area contributed by atoms with E-state index in [9.17, 15) is 12.8 Å². The third kappa shape index (κ3) is 4.47. The van der Waals surface area contributed by atoms with Crippen LogP contribution in [-0.2, 0) is 16.4 Å². The number of nitrogens with zero attached hydrogens (tertiary/aromatic N) is 3. The third-order valence-electron chi connectivity index (χ3n) is 4.87. The number of benzene rings is 1. The lowest BCUT2D eigenvalue weighted by atomic mass is 10.2. The highest BCUT2D eigenvalue weighted by Gasteiger charge is 2.31. The van der Waals surface area contributed by atoms with Crippen LogP contribution in [0.5, 0.6) is 0 Å². The molecule has 1 aromatic carbocycles. The number of anilines is 1. The molecule has 9 heteroatoms. The molecule has 2 heterocycles. The highest BCUT2D eigenvalue weighted by Crippen LogP contribution is 2.27. The molecule has 0 bridgehead atoms. The van der Waals surface area contributed by atoms with Crippen molar-refractivity contribution in [3.8, 4) is 0 Å². The van der Waals surface area contributed by atoms with Gasteiger partial charge in [0.15, 0.2) is 14.9 Å². The molecule has 0 saturated carbocycles. The van der Waals surface area contributed by atoms with Gasteiger partial charge in [0, 0.05) is 30.5 Å². The lowest BCUT2D eigenvalue weighted by Gasteiger charge is -2.21. The first-order chi connectivity index (χ1) is 12.7. The van der Waals surface area contributed by atoms with E-state index in [1.54, 1.807) is 12.1 Å². The molecule has 6 nitrogen and oxygen atoms in total. The van der Waals surface area contributed by atoms with E-state index in [1.165, 1.54) is 12.1 Å². The quantitative estimate of drug-likeness (QED) is 0.782. The lowest BCUT2D eigenvalue weighted by molar-refractivity contribution is 0.479. The molecular weight excluding hydrogens is 387 g/mol. The van der Waals surface area contributed by atoms with E-state index in [1.807, 2.05) is 30.5 Å². The van der Waals surface area contributed by atoms with Gasteiger partial charge in [0.1, 0.15) is 5.82 Å². The lowest BCUT2D eigenvalue weighted by Crippen LogP contribution is -2.31. The van der Waals surface area contributed by atoms with Gasteiger partial charge in [0.25, 0.3) is 0 Å². The second kappa shape index (κ2) is 7.55. The van der Waals surface area contributed by atoms with Crippen LogP contribution in [0.1, 0.15) is 29.4 Å². The summed E-state index contributed by atoms with van der Waals surface area (Å²) in [5.74, 6) is 0.0681. The van der Waals surface area contributed by atoms with Crippen molar-refractivity contribution in [3.05, 3.63) is 47.0 Å². The highest BCUT2D eigenvalue weighted by atomic mass is 32.2. The minimum atomic E-state index is -2.97. The van der Waals surface area contributed by atoms with E-state index < -0.39 is 9.84 Å². The maximum atomic E-state index is 13.0. The third-order valence-corrected chi connectivity index (χ3v) is 7.03. The van der Waals surface area contributed by atoms with Crippen molar-refractivity contribution in [2.75, 3.05) is 23.9 Å². The first-order valence-corrected chi connectivity index (χ1v) is 10.9. The molecule has 1 saturated heterocycles. The molecule has 1 fully saturated rings.